The fraction of sp³-hybridized carbons (Fsp3) is 0.667. The minimum atomic E-state index is -3.30. The average molecular weight is 191 g/mol. The third-order valence-corrected chi connectivity index (χ3v) is 1.76. The molecule has 0 atom stereocenters. The zero-order valence-electron chi connectivity index (χ0n) is 8.02. The number of carbonyl (C=O) groups excluding carboxylic acids is 1. The number of hydrogen-bond acceptors (Lipinski definition) is 1. The van der Waals surface area contributed by atoms with E-state index in [-0.39, 0.29) is 0 Å². The van der Waals surface area contributed by atoms with Crippen molar-refractivity contribution in [2.45, 2.75) is 26.2 Å². The van der Waals surface area contributed by atoms with Gasteiger partial charge in [0, 0.05) is 19.5 Å². The van der Waals surface area contributed by atoms with Gasteiger partial charge >= 0.3 is 5.92 Å². The first-order chi connectivity index (χ1) is 5.99. The van der Waals surface area contributed by atoms with Crippen LogP contribution in [-0.2, 0) is 4.79 Å². The zero-order valence-corrected chi connectivity index (χ0v) is 8.02. The number of amides is 1. The lowest BCUT2D eigenvalue weighted by Gasteiger charge is -2.23. The van der Waals surface area contributed by atoms with Crippen LogP contribution in [0.2, 0.25) is 0 Å². The van der Waals surface area contributed by atoms with Gasteiger partial charge in [0.25, 0.3) is 5.91 Å². The standard InChI is InChI=1S/C9H15F2NO/c1-4-7-9(10,11)8(13)12(5-2)6-3/h4H,1,5-7H2,2-3H3. The third kappa shape index (κ3) is 3.13. The lowest BCUT2D eigenvalue weighted by atomic mass is 10.2. The van der Waals surface area contributed by atoms with Crippen LogP contribution in [-0.4, -0.2) is 29.8 Å². The summed E-state index contributed by atoms with van der Waals surface area (Å²) in [5, 5.41) is 0. The average Bonchev–Trinajstić information content (AvgIpc) is 2.06. The van der Waals surface area contributed by atoms with Gasteiger partial charge in [-0.2, -0.15) is 8.78 Å². The van der Waals surface area contributed by atoms with E-state index in [1.807, 2.05) is 0 Å². The molecule has 0 N–H and O–H groups in total. The van der Waals surface area contributed by atoms with Crippen LogP contribution in [0.5, 0.6) is 0 Å². The Morgan fingerprint density at radius 1 is 1.46 bits per heavy atom. The minimum Gasteiger partial charge on any atom is -0.338 e. The van der Waals surface area contributed by atoms with E-state index in [9.17, 15) is 13.6 Å². The van der Waals surface area contributed by atoms with Gasteiger partial charge in [-0.15, -0.1) is 6.58 Å². The lowest BCUT2D eigenvalue weighted by molar-refractivity contribution is -0.156. The van der Waals surface area contributed by atoms with Crippen molar-refractivity contribution in [2.24, 2.45) is 0 Å². The highest BCUT2D eigenvalue weighted by molar-refractivity contribution is 5.83. The molecular weight excluding hydrogens is 176 g/mol. The first kappa shape index (κ1) is 12.1. The van der Waals surface area contributed by atoms with Crippen molar-refractivity contribution in [2.75, 3.05) is 13.1 Å². The molecule has 2 nitrogen and oxygen atoms in total. The number of allylic oxidation sites excluding steroid dienone is 1. The molecule has 13 heavy (non-hydrogen) atoms. The molecule has 0 rings (SSSR count). The van der Waals surface area contributed by atoms with Crippen LogP contribution in [0.25, 0.3) is 0 Å². The van der Waals surface area contributed by atoms with Gasteiger partial charge in [0.2, 0.25) is 0 Å². The number of carbonyl (C=O) groups is 1. The molecule has 0 aromatic carbocycles. The van der Waals surface area contributed by atoms with Crippen LogP contribution in [0.15, 0.2) is 12.7 Å². The second-order valence-electron chi connectivity index (χ2n) is 2.67. The van der Waals surface area contributed by atoms with Gasteiger partial charge < -0.3 is 4.90 Å². The molecule has 0 aliphatic rings. The number of rotatable bonds is 5. The molecular formula is C9H15F2NO. The van der Waals surface area contributed by atoms with E-state index in [1.165, 1.54) is 0 Å². The second kappa shape index (κ2) is 4.94. The predicted octanol–water partition coefficient (Wildman–Crippen LogP) is 2.07. The maximum Gasteiger partial charge on any atom is 0.328 e. The van der Waals surface area contributed by atoms with E-state index in [4.69, 9.17) is 0 Å². The summed E-state index contributed by atoms with van der Waals surface area (Å²) in [6, 6.07) is 0. The molecule has 0 unspecified atom stereocenters. The first-order valence-corrected chi connectivity index (χ1v) is 4.27. The van der Waals surface area contributed by atoms with Crippen molar-refractivity contribution in [1.29, 1.82) is 0 Å². The van der Waals surface area contributed by atoms with E-state index in [2.05, 4.69) is 6.58 Å². The Hall–Kier alpha value is -0.930. The highest BCUT2D eigenvalue weighted by Gasteiger charge is 2.39. The van der Waals surface area contributed by atoms with E-state index < -0.39 is 18.3 Å². The molecule has 1 amide bonds. The maximum atomic E-state index is 13.0. The Morgan fingerprint density at radius 3 is 2.23 bits per heavy atom. The normalized spacial score (nSPS) is 11.1. The molecule has 4 heteroatoms. The molecule has 76 valence electrons. The second-order valence-corrected chi connectivity index (χ2v) is 2.67. The molecule has 0 saturated heterocycles. The summed E-state index contributed by atoms with van der Waals surface area (Å²) in [6.45, 7) is 7.15. The summed E-state index contributed by atoms with van der Waals surface area (Å²) in [5.41, 5.74) is 0. The van der Waals surface area contributed by atoms with Crippen LogP contribution in [0.3, 0.4) is 0 Å². The third-order valence-electron chi connectivity index (χ3n) is 1.76. The minimum absolute atomic E-state index is 0.308. The Morgan fingerprint density at radius 2 is 1.92 bits per heavy atom. The molecule has 0 aliphatic carbocycles. The van der Waals surface area contributed by atoms with Crippen molar-refractivity contribution < 1.29 is 13.6 Å². The van der Waals surface area contributed by atoms with Crippen LogP contribution >= 0.6 is 0 Å². The molecule has 0 aromatic heterocycles. The van der Waals surface area contributed by atoms with Crippen molar-refractivity contribution in [3.8, 4) is 0 Å². The Bertz CT molecular complexity index is 188. The number of hydrogen-bond donors (Lipinski definition) is 0. The van der Waals surface area contributed by atoms with Crippen molar-refractivity contribution >= 4 is 5.91 Å². The Balaban J connectivity index is 4.45. The fourth-order valence-electron chi connectivity index (χ4n) is 1.01. The number of halogens is 2. The fourth-order valence-corrected chi connectivity index (χ4v) is 1.01. The number of alkyl halides is 2. The lowest BCUT2D eigenvalue weighted by Crippen LogP contribution is -2.43. The summed E-state index contributed by atoms with van der Waals surface area (Å²) in [4.78, 5) is 12.3. The summed E-state index contributed by atoms with van der Waals surface area (Å²) in [7, 11) is 0. The Kier molecular flexibility index (Phi) is 4.59. The van der Waals surface area contributed by atoms with Crippen molar-refractivity contribution in [3.63, 3.8) is 0 Å². The van der Waals surface area contributed by atoms with Crippen molar-refractivity contribution in [1.82, 2.24) is 4.90 Å². The zero-order chi connectivity index (χ0) is 10.5. The monoisotopic (exact) mass is 191 g/mol. The van der Waals surface area contributed by atoms with Gasteiger partial charge in [-0.25, -0.2) is 0 Å². The van der Waals surface area contributed by atoms with Crippen LogP contribution in [0, 0.1) is 0 Å². The quantitative estimate of drug-likeness (QED) is 0.609. The molecule has 0 spiro atoms. The van der Waals surface area contributed by atoms with E-state index in [0.717, 1.165) is 11.0 Å². The number of nitrogens with zero attached hydrogens (tertiary/aromatic N) is 1. The summed E-state index contributed by atoms with van der Waals surface area (Å²) in [6.07, 6.45) is 0.462. The molecule has 0 fully saturated rings. The molecule has 0 heterocycles. The maximum absolute atomic E-state index is 13.0. The topological polar surface area (TPSA) is 20.3 Å². The van der Waals surface area contributed by atoms with E-state index in [1.54, 1.807) is 13.8 Å². The van der Waals surface area contributed by atoms with Gasteiger partial charge in [0.1, 0.15) is 0 Å². The van der Waals surface area contributed by atoms with Gasteiger partial charge in [-0.3, -0.25) is 4.79 Å². The van der Waals surface area contributed by atoms with Crippen LogP contribution < -0.4 is 0 Å². The molecule has 0 bridgehead atoms. The van der Waals surface area contributed by atoms with E-state index in [0.29, 0.717) is 13.1 Å². The SMILES string of the molecule is C=CCC(F)(F)C(=O)N(CC)CC. The van der Waals surface area contributed by atoms with E-state index >= 15 is 0 Å². The highest BCUT2D eigenvalue weighted by atomic mass is 19.3. The summed E-state index contributed by atoms with van der Waals surface area (Å²) < 4.78 is 26.0. The molecule has 0 radical (unpaired) electrons. The molecule has 0 aromatic rings. The van der Waals surface area contributed by atoms with Gasteiger partial charge in [-0.1, -0.05) is 6.08 Å². The van der Waals surface area contributed by atoms with Crippen molar-refractivity contribution in [3.05, 3.63) is 12.7 Å². The first-order valence-electron chi connectivity index (χ1n) is 4.27. The highest BCUT2D eigenvalue weighted by Crippen LogP contribution is 2.21. The van der Waals surface area contributed by atoms with Crippen LogP contribution in [0.4, 0.5) is 8.78 Å². The predicted molar refractivity (Wildman–Crippen MR) is 47.7 cm³/mol. The summed E-state index contributed by atoms with van der Waals surface area (Å²) >= 11 is 0. The molecule has 0 saturated carbocycles. The Labute approximate surface area is 77.2 Å². The van der Waals surface area contributed by atoms with Gasteiger partial charge in [0.05, 0.1) is 0 Å². The smallest absolute Gasteiger partial charge is 0.328 e. The van der Waals surface area contributed by atoms with Crippen LogP contribution in [0.1, 0.15) is 20.3 Å². The van der Waals surface area contributed by atoms with Gasteiger partial charge in [0.15, 0.2) is 0 Å². The van der Waals surface area contributed by atoms with Gasteiger partial charge in [-0.05, 0) is 13.8 Å². The summed E-state index contributed by atoms with van der Waals surface area (Å²) in [5.74, 6) is -4.41. The molecule has 0 aliphatic heterocycles. The largest absolute Gasteiger partial charge is 0.338 e.